The van der Waals surface area contributed by atoms with E-state index >= 15 is 0 Å². The van der Waals surface area contributed by atoms with Crippen LogP contribution in [-0.2, 0) is 0 Å². The number of fused-ring (bicyclic) bond motifs is 1. The summed E-state index contributed by atoms with van der Waals surface area (Å²) in [5, 5.41) is 6.73. The van der Waals surface area contributed by atoms with Gasteiger partial charge in [0.2, 0.25) is 5.88 Å². The van der Waals surface area contributed by atoms with Gasteiger partial charge in [0, 0.05) is 48.8 Å². The Balaban J connectivity index is 1.53. The molecule has 0 unspecified atom stereocenters. The maximum absolute atomic E-state index is 12.2. The topological polar surface area (TPSA) is 115 Å². The van der Waals surface area contributed by atoms with Crippen LogP contribution in [0.4, 0.5) is 5.82 Å². The van der Waals surface area contributed by atoms with Crippen LogP contribution in [0.5, 0.6) is 5.88 Å². The first-order valence-corrected chi connectivity index (χ1v) is 10.1. The van der Waals surface area contributed by atoms with E-state index in [2.05, 4.69) is 42.5 Å². The predicted molar refractivity (Wildman–Crippen MR) is 122 cm³/mol. The largest absolute Gasteiger partial charge is 0.481 e. The molecule has 0 radical (unpaired) electrons. The summed E-state index contributed by atoms with van der Waals surface area (Å²) in [5.74, 6) is 1.13. The second-order valence-electron chi connectivity index (χ2n) is 7.20. The molecule has 0 saturated heterocycles. The lowest BCUT2D eigenvalue weighted by Crippen LogP contribution is -2.20. The van der Waals surface area contributed by atoms with E-state index in [9.17, 15) is 4.79 Å². The van der Waals surface area contributed by atoms with Gasteiger partial charge in [0.05, 0.1) is 18.3 Å². The van der Waals surface area contributed by atoms with Crippen LogP contribution in [0, 0.1) is 0 Å². The van der Waals surface area contributed by atoms with E-state index in [1.54, 1.807) is 26.4 Å². The standard InChI is InChI=1S/C23H23N7O2/c1-14(16-5-4-6-17-21(16)29-13-30-22(17)23(31)24-2)10-25-19-9-18(27-12-28-19)15-7-8-20(32-3)26-11-15/h4-9,11-14H,10H2,1-3H3,(H,24,31)(H,25,27,28)/t14-/m1/s1. The van der Waals surface area contributed by atoms with Gasteiger partial charge in [-0.2, -0.15) is 0 Å². The average molecular weight is 429 g/mol. The Bertz CT molecular complexity index is 1240. The Morgan fingerprint density at radius 3 is 2.66 bits per heavy atom. The van der Waals surface area contributed by atoms with Crippen molar-refractivity contribution in [1.29, 1.82) is 0 Å². The first kappa shape index (κ1) is 21.1. The van der Waals surface area contributed by atoms with E-state index < -0.39 is 0 Å². The normalized spacial score (nSPS) is 11.7. The van der Waals surface area contributed by atoms with Crippen LogP contribution in [0.15, 0.2) is 55.2 Å². The number of carbonyl (C=O) groups is 1. The highest BCUT2D eigenvalue weighted by atomic mass is 16.5. The number of rotatable bonds is 7. The van der Waals surface area contributed by atoms with Gasteiger partial charge in [-0.1, -0.05) is 25.1 Å². The molecule has 3 heterocycles. The second-order valence-corrected chi connectivity index (χ2v) is 7.20. The molecule has 0 fully saturated rings. The number of benzene rings is 1. The molecule has 9 heteroatoms. The number of hydrogen-bond donors (Lipinski definition) is 2. The molecule has 1 amide bonds. The van der Waals surface area contributed by atoms with Crippen molar-refractivity contribution < 1.29 is 9.53 Å². The van der Waals surface area contributed by atoms with E-state index in [1.807, 2.05) is 30.3 Å². The van der Waals surface area contributed by atoms with Crippen molar-refractivity contribution in [3.05, 3.63) is 66.5 Å². The quantitative estimate of drug-likeness (QED) is 0.461. The predicted octanol–water partition coefficient (Wildman–Crippen LogP) is 3.07. The average Bonchev–Trinajstić information content (AvgIpc) is 2.86. The number of pyridine rings is 1. The maximum atomic E-state index is 12.2. The molecule has 0 saturated carbocycles. The van der Waals surface area contributed by atoms with Crippen LogP contribution in [0.3, 0.4) is 0 Å². The van der Waals surface area contributed by atoms with Gasteiger partial charge in [0.15, 0.2) is 0 Å². The lowest BCUT2D eigenvalue weighted by molar-refractivity contribution is 0.0960. The molecular formula is C23H23N7O2. The minimum absolute atomic E-state index is 0.104. The van der Waals surface area contributed by atoms with Crippen molar-refractivity contribution in [2.75, 3.05) is 26.0 Å². The summed E-state index contributed by atoms with van der Waals surface area (Å²) >= 11 is 0. The molecule has 1 aromatic carbocycles. The fourth-order valence-corrected chi connectivity index (χ4v) is 3.44. The molecule has 32 heavy (non-hydrogen) atoms. The number of carbonyl (C=O) groups excluding carboxylic acids is 1. The van der Waals surface area contributed by atoms with E-state index in [1.165, 1.54) is 12.7 Å². The Kier molecular flexibility index (Phi) is 6.16. The number of hydrogen-bond acceptors (Lipinski definition) is 8. The number of amides is 1. The second kappa shape index (κ2) is 9.34. The molecule has 0 bridgehead atoms. The van der Waals surface area contributed by atoms with Crippen LogP contribution in [0.2, 0.25) is 0 Å². The molecule has 1 atom stereocenters. The maximum Gasteiger partial charge on any atom is 0.270 e. The summed E-state index contributed by atoms with van der Waals surface area (Å²) < 4.78 is 5.11. The van der Waals surface area contributed by atoms with E-state index in [4.69, 9.17) is 4.74 Å². The third-order valence-electron chi connectivity index (χ3n) is 5.17. The first-order chi connectivity index (χ1) is 15.6. The molecule has 4 aromatic rings. The molecule has 0 aliphatic heterocycles. The van der Waals surface area contributed by atoms with Crippen LogP contribution in [0.25, 0.3) is 22.2 Å². The van der Waals surface area contributed by atoms with Crippen molar-refractivity contribution in [2.24, 2.45) is 0 Å². The lowest BCUT2D eigenvalue weighted by Gasteiger charge is -2.16. The van der Waals surface area contributed by atoms with Gasteiger partial charge in [-0.25, -0.2) is 24.9 Å². The molecule has 9 nitrogen and oxygen atoms in total. The van der Waals surface area contributed by atoms with Crippen molar-refractivity contribution in [3.8, 4) is 17.1 Å². The van der Waals surface area contributed by atoms with Crippen molar-refractivity contribution in [2.45, 2.75) is 12.8 Å². The van der Waals surface area contributed by atoms with Crippen LogP contribution < -0.4 is 15.4 Å². The lowest BCUT2D eigenvalue weighted by atomic mass is 9.97. The van der Waals surface area contributed by atoms with Crippen LogP contribution >= 0.6 is 0 Å². The van der Waals surface area contributed by atoms with Gasteiger partial charge >= 0.3 is 0 Å². The van der Waals surface area contributed by atoms with Gasteiger partial charge in [0.25, 0.3) is 5.91 Å². The molecule has 162 valence electrons. The summed E-state index contributed by atoms with van der Waals surface area (Å²) in [6.45, 7) is 2.72. The number of methoxy groups -OCH3 is 1. The zero-order valence-electron chi connectivity index (χ0n) is 18.0. The SMILES string of the molecule is CNC(=O)c1ncnc2c([C@H](C)CNc3cc(-c4ccc(OC)nc4)ncn3)cccc12. The number of para-hydroxylation sites is 1. The molecule has 2 N–H and O–H groups in total. The minimum atomic E-state index is -0.234. The number of ether oxygens (including phenoxy) is 1. The molecule has 0 aliphatic rings. The smallest absolute Gasteiger partial charge is 0.270 e. The van der Waals surface area contributed by atoms with E-state index in [0.29, 0.717) is 23.9 Å². The number of anilines is 1. The van der Waals surface area contributed by atoms with E-state index in [-0.39, 0.29) is 11.8 Å². The summed E-state index contributed by atoms with van der Waals surface area (Å²) in [6.07, 6.45) is 4.66. The van der Waals surface area contributed by atoms with Gasteiger partial charge < -0.3 is 15.4 Å². The Labute approximate surface area is 185 Å². The third-order valence-corrected chi connectivity index (χ3v) is 5.17. The number of nitrogens with zero attached hydrogens (tertiary/aromatic N) is 5. The van der Waals surface area contributed by atoms with Crippen molar-refractivity contribution in [3.63, 3.8) is 0 Å². The monoisotopic (exact) mass is 429 g/mol. The zero-order chi connectivity index (χ0) is 22.5. The summed E-state index contributed by atoms with van der Waals surface area (Å²) in [4.78, 5) is 33.7. The van der Waals surface area contributed by atoms with Gasteiger partial charge in [-0.3, -0.25) is 4.79 Å². The van der Waals surface area contributed by atoms with Crippen molar-refractivity contribution in [1.82, 2.24) is 30.2 Å². The summed E-state index contributed by atoms with van der Waals surface area (Å²) in [6, 6.07) is 11.4. The van der Waals surface area contributed by atoms with E-state index in [0.717, 1.165) is 27.7 Å². The molecule has 0 spiro atoms. The van der Waals surface area contributed by atoms with Gasteiger partial charge in [0.1, 0.15) is 24.2 Å². The van der Waals surface area contributed by atoms with Gasteiger partial charge in [-0.15, -0.1) is 0 Å². The highest BCUT2D eigenvalue weighted by molar-refractivity contribution is 6.04. The minimum Gasteiger partial charge on any atom is -0.481 e. The van der Waals surface area contributed by atoms with Crippen molar-refractivity contribution >= 4 is 22.6 Å². The number of nitrogens with one attached hydrogen (secondary N) is 2. The Hall–Kier alpha value is -4.14. The van der Waals surface area contributed by atoms with Gasteiger partial charge in [-0.05, 0) is 11.6 Å². The third kappa shape index (κ3) is 4.31. The molecule has 0 aliphatic carbocycles. The first-order valence-electron chi connectivity index (χ1n) is 10.1. The summed E-state index contributed by atoms with van der Waals surface area (Å²) in [7, 11) is 3.17. The fourth-order valence-electron chi connectivity index (χ4n) is 3.44. The number of aromatic nitrogens is 5. The Morgan fingerprint density at radius 1 is 1.06 bits per heavy atom. The molecule has 3 aromatic heterocycles. The highest BCUT2D eigenvalue weighted by Gasteiger charge is 2.16. The highest BCUT2D eigenvalue weighted by Crippen LogP contribution is 2.26. The fraction of sp³-hybridized carbons (Fsp3) is 0.217. The summed E-state index contributed by atoms with van der Waals surface area (Å²) in [5.41, 5.74) is 3.79. The molecule has 4 rings (SSSR count). The molecular weight excluding hydrogens is 406 g/mol. The zero-order valence-corrected chi connectivity index (χ0v) is 18.0. The van der Waals surface area contributed by atoms with Crippen LogP contribution in [0.1, 0.15) is 28.9 Å². The van der Waals surface area contributed by atoms with Crippen LogP contribution in [-0.4, -0.2) is 51.5 Å². The Morgan fingerprint density at radius 2 is 1.91 bits per heavy atom.